The molecule has 2 rings (SSSR count). The summed E-state index contributed by atoms with van der Waals surface area (Å²) in [6.45, 7) is 5.66. The van der Waals surface area contributed by atoms with Gasteiger partial charge in [0.2, 0.25) is 0 Å². The highest BCUT2D eigenvalue weighted by Crippen LogP contribution is 2.30. The van der Waals surface area contributed by atoms with Gasteiger partial charge in [-0.1, -0.05) is 0 Å². The third kappa shape index (κ3) is 3.28. The zero-order chi connectivity index (χ0) is 12.6. The molecule has 1 N–H and O–H groups in total. The number of piperidine rings is 2. The predicted octanol–water partition coefficient (Wildman–Crippen LogP) is 1.43. The molecule has 0 aromatic carbocycles. The summed E-state index contributed by atoms with van der Waals surface area (Å²) >= 11 is 0. The van der Waals surface area contributed by atoms with Gasteiger partial charge in [0.25, 0.3) is 0 Å². The molecule has 2 bridgehead atoms. The number of hydrogen-bond donors (Lipinski definition) is 1. The number of rotatable bonds is 1. The Morgan fingerprint density at radius 2 is 1.76 bits per heavy atom. The first-order valence-electron chi connectivity index (χ1n) is 6.34. The topological polar surface area (TPSA) is 55.4 Å². The van der Waals surface area contributed by atoms with Crippen molar-refractivity contribution in [1.82, 2.24) is 5.32 Å². The lowest BCUT2D eigenvalue weighted by atomic mass is 9.80. The molecule has 2 heterocycles. The third-order valence-electron chi connectivity index (χ3n) is 3.30. The van der Waals surface area contributed by atoms with Crippen molar-refractivity contribution in [2.24, 2.45) is 5.92 Å². The van der Waals surface area contributed by atoms with E-state index in [0.717, 1.165) is 12.8 Å². The SMILES string of the molecule is CC(C)(C)OC(=O)C1CC2CC(=O)CC(C1)N2. The molecule has 0 saturated carbocycles. The van der Waals surface area contributed by atoms with Crippen LogP contribution in [0.1, 0.15) is 46.5 Å². The summed E-state index contributed by atoms with van der Waals surface area (Å²) in [6.07, 6.45) is 2.60. The van der Waals surface area contributed by atoms with Crippen molar-refractivity contribution < 1.29 is 14.3 Å². The Morgan fingerprint density at radius 3 is 2.24 bits per heavy atom. The van der Waals surface area contributed by atoms with Crippen LogP contribution in [0.3, 0.4) is 0 Å². The largest absolute Gasteiger partial charge is 0.460 e. The highest BCUT2D eigenvalue weighted by atomic mass is 16.6. The Hall–Kier alpha value is -0.900. The lowest BCUT2D eigenvalue weighted by Crippen LogP contribution is -2.53. The van der Waals surface area contributed by atoms with E-state index in [2.05, 4.69) is 5.32 Å². The second-order valence-electron chi connectivity index (χ2n) is 6.21. The first kappa shape index (κ1) is 12.6. The van der Waals surface area contributed by atoms with Crippen molar-refractivity contribution in [2.75, 3.05) is 0 Å². The second kappa shape index (κ2) is 4.41. The highest BCUT2D eigenvalue weighted by molar-refractivity contribution is 5.81. The number of carbonyl (C=O) groups excluding carboxylic acids is 2. The van der Waals surface area contributed by atoms with Crippen LogP contribution in [0.15, 0.2) is 0 Å². The Morgan fingerprint density at radius 1 is 1.24 bits per heavy atom. The average molecular weight is 239 g/mol. The van der Waals surface area contributed by atoms with Crippen LogP contribution in [0, 0.1) is 5.92 Å². The lowest BCUT2D eigenvalue weighted by Gasteiger charge is -2.39. The van der Waals surface area contributed by atoms with Crippen LogP contribution in [0.2, 0.25) is 0 Å². The summed E-state index contributed by atoms with van der Waals surface area (Å²) in [6, 6.07) is 0.347. The van der Waals surface area contributed by atoms with Crippen molar-refractivity contribution in [2.45, 2.75) is 64.1 Å². The molecule has 2 aliphatic heterocycles. The first-order chi connectivity index (χ1) is 7.83. The van der Waals surface area contributed by atoms with E-state index in [9.17, 15) is 9.59 Å². The Balaban J connectivity index is 1.96. The van der Waals surface area contributed by atoms with E-state index in [1.165, 1.54) is 0 Å². The number of nitrogens with one attached hydrogen (secondary N) is 1. The van der Waals surface area contributed by atoms with Crippen LogP contribution < -0.4 is 5.32 Å². The number of ether oxygens (including phenoxy) is 1. The molecule has 2 unspecified atom stereocenters. The number of esters is 1. The van der Waals surface area contributed by atoms with Crippen LogP contribution in [0.4, 0.5) is 0 Å². The minimum Gasteiger partial charge on any atom is -0.460 e. The maximum atomic E-state index is 12.0. The maximum Gasteiger partial charge on any atom is 0.309 e. The summed E-state index contributed by atoms with van der Waals surface area (Å²) in [4.78, 5) is 23.4. The number of hydrogen-bond acceptors (Lipinski definition) is 4. The van der Waals surface area contributed by atoms with E-state index >= 15 is 0 Å². The van der Waals surface area contributed by atoms with Gasteiger partial charge in [-0.3, -0.25) is 9.59 Å². The van der Waals surface area contributed by atoms with E-state index in [0.29, 0.717) is 18.6 Å². The summed E-state index contributed by atoms with van der Waals surface area (Å²) < 4.78 is 5.42. The number of fused-ring (bicyclic) bond motifs is 2. The Labute approximate surface area is 102 Å². The zero-order valence-corrected chi connectivity index (χ0v) is 10.8. The van der Waals surface area contributed by atoms with Gasteiger partial charge in [-0.2, -0.15) is 0 Å². The molecule has 2 saturated heterocycles. The van der Waals surface area contributed by atoms with E-state index in [4.69, 9.17) is 4.74 Å². The minimum absolute atomic E-state index is 0.0430. The van der Waals surface area contributed by atoms with E-state index in [1.807, 2.05) is 20.8 Å². The standard InChI is InChI=1S/C13H21NO3/c1-13(2,3)17-12(16)8-4-9-6-11(15)7-10(5-8)14-9/h8-10,14H,4-7H2,1-3H3. The number of carbonyl (C=O) groups is 2. The molecule has 0 amide bonds. The van der Waals surface area contributed by atoms with Crippen LogP contribution in [0.5, 0.6) is 0 Å². The van der Waals surface area contributed by atoms with Crippen molar-refractivity contribution in [3.05, 3.63) is 0 Å². The third-order valence-corrected chi connectivity index (χ3v) is 3.30. The fourth-order valence-corrected chi connectivity index (χ4v) is 2.75. The number of Topliss-reactive ketones (excluding diaryl/α,β-unsaturated/α-hetero) is 1. The van der Waals surface area contributed by atoms with Gasteiger partial charge >= 0.3 is 5.97 Å². The molecule has 0 aromatic heterocycles. The van der Waals surface area contributed by atoms with Gasteiger partial charge in [-0.15, -0.1) is 0 Å². The van der Waals surface area contributed by atoms with Crippen LogP contribution in [-0.2, 0) is 14.3 Å². The van der Waals surface area contributed by atoms with E-state index < -0.39 is 5.60 Å². The first-order valence-corrected chi connectivity index (χ1v) is 6.34. The second-order valence-corrected chi connectivity index (χ2v) is 6.21. The van der Waals surface area contributed by atoms with Gasteiger partial charge in [-0.05, 0) is 33.6 Å². The Kier molecular flexibility index (Phi) is 3.25. The Bertz CT molecular complexity index is 316. The van der Waals surface area contributed by atoms with Crippen molar-refractivity contribution in [1.29, 1.82) is 0 Å². The maximum absolute atomic E-state index is 12.0. The van der Waals surface area contributed by atoms with E-state index in [-0.39, 0.29) is 24.0 Å². The zero-order valence-electron chi connectivity index (χ0n) is 10.8. The van der Waals surface area contributed by atoms with Gasteiger partial charge in [0.15, 0.2) is 0 Å². The summed E-state index contributed by atoms with van der Waals surface area (Å²) in [5.74, 6) is 0.170. The van der Waals surface area contributed by atoms with Crippen LogP contribution in [-0.4, -0.2) is 29.4 Å². The molecule has 2 atom stereocenters. The highest BCUT2D eigenvalue weighted by Gasteiger charge is 2.39. The van der Waals surface area contributed by atoms with Gasteiger partial charge in [0, 0.05) is 24.9 Å². The molecule has 2 fully saturated rings. The van der Waals surface area contributed by atoms with Gasteiger partial charge in [-0.25, -0.2) is 0 Å². The fourth-order valence-electron chi connectivity index (χ4n) is 2.75. The lowest BCUT2D eigenvalue weighted by molar-refractivity contribution is -0.162. The van der Waals surface area contributed by atoms with Crippen molar-refractivity contribution >= 4 is 11.8 Å². The van der Waals surface area contributed by atoms with E-state index in [1.54, 1.807) is 0 Å². The van der Waals surface area contributed by atoms with Gasteiger partial charge in [0.1, 0.15) is 11.4 Å². The van der Waals surface area contributed by atoms with Crippen molar-refractivity contribution in [3.8, 4) is 0 Å². The molecular weight excluding hydrogens is 218 g/mol. The molecule has 4 nitrogen and oxygen atoms in total. The monoisotopic (exact) mass is 239 g/mol. The molecule has 96 valence electrons. The molecule has 0 aromatic rings. The minimum atomic E-state index is -0.424. The summed E-state index contributed by atoms with van der Waals surface area (Å²) in [5, 5.41) is 3.40. The molecule has 0 radical (unpaired) electrons. The van der Waals surface area contributed by atoms with Crippen LogP contribution in [0.25, 0.3) is 0 Å². The van der Waals surface area contributed by atoms with Gasteiger partial charge < -0.3 is 10.1 Å². The van der Waals surface area contributed by atoms with Gasteiger partial charge in [0.05, 0.1) is 5.92 Å². The normalized spacial score (nSPS) is 33.4. The smallest absolute Gasteiger partial charge is 0.309 e. The molecular formula is C13H21NO3. The predicted molar refractivity (Wildman–Crippen MR) is 63.5 cm³/mol. The van der Waals surface area contributed by atoms with Crippen LogP contribution >= 0.6 is 0 Å². The summed E-state index contributed by atoms with van der Waals surface area (Å²) in [7, 11) is 0. The quantitative estimate of drug-likeness (QED) is 0.703. The summed E-state index contributed by atoms with van der Waals surface area (Å²) in [5.41, 5.74) is -0.424. The molecule has 17 heavy (non-hydrogen) atoms. The average Bonchev–Trinajstić information content (AvgIpc) is 2.12. The molecule has 4 heteroatoms. The molecule has 2 aliphatic rings. The fraction of sp³-hybridized carbons (Fsp3) is 0.846. The molecule has 0 spiro atoms. The number of ketones is 1. The van der Waals surface area contributed by atoms with Crippen molar-refractivity contribution in [3.63, 3.8) is 0 Å². The molecule has 0 aliphatic carbocycles.